The molecule has 0 radical (unpaired) electrons. The van der Waals surface area contributed by atoms with Crippen LogP contribution in [0.1, 0.15) is 31.4 Å². The summed E-state index contributed by atoms with van der Waals surface area (Å²) in [5.74, 6) is -0.925. The van der Waals surface area contributed by atoms with E-state index in [4.69, 9.17) is 23.2 Å². The molecule has 2 atom stereocenters. The highest BCUT2D eigenvalue weighted by atomic mass is 79.9. The number of carbonyl (C=O) groups is 2. The Bertz CT molecular complexity index is 1710. The predicted octanol–water partition coefficient (Wildman–Crippen LogP) is 7.51. The number of nitrogens with one attached hydrogen (secondary N) is 1. The minimum atomic E-state index is -4.29. The summed E-state index contributed by atoms with van der Waals surface area (Å²) < 4.78 is 30.0. The van der Waals surface area contributed by atoms with Crippen molar-refractivity contribution in [2.24, 2.45) is 0 Å². The molecule has 0 saturated heterocycles. The van der Waals surface area contributed by atoms with E-state index in [1.165, 1.54) is 35.2 Å². The Morgan fingerprint density at radius 1 is 0.867 bits per heavy atom. The Labute approximate surface area is 283 Å². The maximum absolute atomic E-state index is 14.5. The average molecular weight is 732 g/mol. The summed E-state index contributed by atoms with van der Waals surface area (Å²) in [5.41, 5.74) is 1.66. The monoisotopic (exact) mass is 729 g/mol. The third kappa shape index (κ3) is 9.10. The number of carbonyl (C=O) groups excluding carboxylic acids is 2. The van der Waals surface area contributed by atoms with Gasteiger partial charge in [0.15, 0.2) is 0 Å². The Morgan fingerprint density at radius 2 is 1.49 bits per heavy atom. The molecule has 0 unspecified atom stereocenters. The van der Waals surface area contributed by atoms with Crippen molar-refractivity contribution >= 4 is 66.7 Å². The van der Waals surface area contributed by atoms with Crippen LogP contribution in [0, 0.1) is 0 Å². The molecule has 0 spiro atoms. The molecule has 2 amide bonds. The van der Waals surface area contributed by atoms with Gasteiger partial charge >= 0.3 is 0 Å². The molecule has 0 bridgehead atoms. The van der Waals surface area contributed by atoms with Crippen LogP contribution in [0.25, 0.3) is 0 Å². The van der Waals surface area contributed by atoms with E-state index in [9.17, 15) is 18.0 Å². The van der Waals surface area contributed by atoms with Gasteiger partial charge in [0.1, 0.15) is 12.6 Å². The summed E-state index contributed by atoms with van der Waals surface area (Å²) in [4.78, 5) is 29.8. The van der Waals surface area contributed by atoms with Crippen LogP contribution in [0.3, 0.4) is 0 Å². The first-order valence-electron chi connectivity index (χ1n) is 14.4. The third-order valence-electron chi connectivity index (χ3n) is 7.33. The normalized spacial score (nSPS) is 12.6. The van der Waals surface area contributed by atoms with Gasteiger partial charge in [0.05, 0.1) is 15.6 Å². The molecule has 4 aromatic carbocycles. The highest BCUT2D eigenvalue weighted by Gasteiger charge is 2.35. The molecule has 0 heterocycles. The number of benzene rings is 4. The number of hydrogen-bond donors (Lipinski definition) is 1. The summed E-state index contributed by atoms with van der Waals surface area (Å²) in [6.45, 7) is 3.28. The lowest BCUT2D eigenvalue weighted by molar-refractivity contribution is -0.140. The fourth-order valence-corrected chi connectivity index (χ4v) is 6.84. The van der Waals surface area contributed by atoms with E-state index in [1.54, 1.807) is 18.2 Å². The lowest BCUT2D eigenvalue weighted by Gasteiger charge is -2.34. The minimum absolute atomic E-state index is 0.0244. The summed E-state index contributed by atoms with van der Waals surface area (Å²) in [5, 5.41) is 3.37. The summed E-state index contributed by atoms with van der Waals surface area (Å²) in [6, 6.07) is 27.9. The molecule has 11 heteroatoms. The van der Waals surface area contributed by atoms with E-state index in [2.05, 4.69) is 21.2 Å². The van der Waals surface area contributed by atoms with Gasteiger partial charge in [0.2, 0.25) is 11.8 Å². The van der Waals surface area contributed by atoms with Crippen molar-refractivity contribution in [2.45, 2.75) is 50.2 Å². The maximum Gasteiger partial charge on any atom is 0.264 e. The zero-order valence-electron chi connectivity index (χ0n) is 24.9. The third-order valence-corrected chi connectivity index (χ3v) is 10.2. The molecule has 4 aromatic rings. The molecule has 0 aliphatic heterocycles. The molecule has 7 nitrogen and oxygen atoms in total. The topological polar surface area (TPSA) is 86.8 Å². The number of nitrogens with zero attached hydrogens (tertiary/aromatic N) is 2. The quantitative estimate of drug-likeness (QED) is 0.154. The van der Waals surface area contributed by atoms with Gasteiger partial charge in [-0.15, -0.1) is 0 Å². The Morgan fingerprint density at radius 3 is 2.11 bits per heavy atom. The Hall–Kier alpha value is -3.37. The lowest BCUT2D eigenvalue weighted by Crippen LogP contribution is -2.54. The first kappa shape index (κ1) is 34.5. The van der Waals surface area contributed by atoms with E-state index in [-0.39, 0.29) is 45.5 Å². The second kappa shape index (κ2) is 15.8. The van der Waals surface area contributed by atoms with Gasteiger partial charge in [-0.3, -0.25) is 13.9 Å². The van der Waals surface area contributed by atoms with Gasteiger partial charge in [-0.2, -0.15) is 0 Å². The van der Waals surface area contributed by atoms with Crippen LogP contribution in [0.15, 0.2) is 112 Å². The molecule has 0 saturated carbocycles. The van der Waals surface area contributed by atoms with Gasteiger partial charge in [0.25, 0.3) is 10.0 Å². The second-order valence-electron chi connectivity index (χ2n) is 10.6. The van der Waals surface area contributed by atoms with Crippen molar-refractivity contribution in [2.75, 3.05) is 10.8 Å². The zero-order chi connectivity index (χ0) is 32.6. The lowest BCUT2D eigenvalue weighted by atomic mass is 10.0. The molecular weight excluding hydrogens is 697 g/mol. The first-order chi connectivity index (χ1) is 21.5. The van der Waals surface area contributed by atoms with Crippen LogP contribution >= 0.6 is 39.1 Å². The smallest absolute Gasteiger partial charge is 0.264 e. The van der Waals surface area contributed by atoms with Crippen molar-refractivity contribution in [1.29, 1.82) is 0 Å². The van der Waals surface area contributed by atoms with Crippen LogP contribution in [-0.4, -0.2) is 43.8 Å². The van der Waals surface area contributed by atoms with Crippen LogP contribution in [-0.2, 0) is 32.6 Å². The number of rotatable bonds is 13. The van der Waals surface area contributed by atoms with E-state index in [1.807, 2.05) is 68.4 Å². The van der Waals surface area contributed by atoms with Crippen molar-refractivity contribution in [3.05, 3.63) is 129 Å². The standard InChI is InChI=1S/C34H34BrCl2N3O4S/c1-3-24(2)38-34(42)32(20-25-10-6-4-7-11-25)39(22-26-14-16-27(35)17-15-26)33(41)23-40(31-21-28(36)18-19-30(31)37)45(43,44)29-12-8-5-9-13-29/h4-19,21,24,32H,3,20,22-23H2,1-2H3,(H,38,42)/t24-,32-/m0/s1. The number of amides is 2. The van der Waals surface area contributed by atoms with E-state index < -0.39 is 28.5 Å². The Kier molecular flexibility index (Phi) is 12.1. The average Bonchev–Trinajstić information content (AvgIpc) is 3.04. The van der Waals surface area contributed by atoms with Crippen molar-refractivity contribution in [1.82, 2.24) is 10.2 Å². The largest absolute Gasteiger partial charge is 0.352 e. The van der Waals surface area contributed by atoms with Gasteiger partial charge in [0, 0.05) is 28.5 Å². The molecule has 1 N–H and O–H groups in total. The molecule has 45 heavy (non-hydrogen) atoms. The number of sulfonamides is 1. The van der Waals surface area contributed by atoms with Crippen molar-refractivity contribution in [3.8, 4) is 0 Å². The minimum Gasteiger partial charge on any atom is -0.352 e. The van der Waals surface area contributed by atoms with Crippen molar-refractivity contribution < 1.29 is 18.0 Å². The summed E-state index contributed by atoms with van der Waals surface area (Å²) in [6.07, 6.45) is 0.912. The van der Waals surface area contributed by atoms with Crippen molar-refractivity contribution in [3.63, 3.8) is 0 Å². The molecule has 4 rings (SSSR count). The van der Waals surface area contributed by atoms with Crippen LogP contribution in [0.4, 0.5) is 5.69 Å². The van der Waals surface area contributed by atoms with Crippen LogP contribution < -0.4 is 9.62 Å². The van der Waals surface area contributed by atoms with E-state index in [0.29, 0.717) is 6.42 Å². The molecule has 236 valence electrons. The van der Waals surface area contributed by atoms with E-state index in [0.717, 1.165) is 19.9 Å². The fourth-order valence-electron chi connectivity index (χ4n) is 4.69. The van der Waals surface area contributed by atoms with E-state index >= 15 is 0 Å². The van der Waals surface area contributed by atoms with Crippen LogP contribution in [0.2, 0.25) is 10.0 Å². The molecular formula is C34H34BrCl2N3O4S. The number of halogens is 3. The summed E-state index contributed by atoms with van der Waals surface area (Å²) >= 11 is 16.3. The van der Waals surface area contributed by atoms with Gasteiger partial charge < -0.3 is 10.2 Å². The highest BCUT2D eigenvalue weighted by Crippen LogP contribution is 2.33. The number of hydrogen-bond acceptors (Lipinski definition) is 4. The second-order valence-corrected chi connectivity index (χ2v) is 14.2. The summed E-state index contributed by atoms with van der Waals surface area (Å²) in [7, 11) is -4.29. The molecule has 0 aliphatic carbocycles. The first-order valence-corrected chi connectivity index (χ1v) is 17.4. The highest BCUT2D eigenvalue weighted by molar-refractivity contribution is 9.10. The van der Waals surface area contributed by atoms with Gasteiger partial charge in [-0.1, -0.05) is 107 Å². The van der Waals surface area contributed by atoms with Gasteiger partial charge in [-0.25, -0.2) is 8.42 Å². The Balaban J connectivity index is 1.83. The SMILES string of the molecule is CC[C@H](C)NC(=O)[C@H](Cc1ccccc1)N(Cc1ccc(Br)cc1)C(=O)CN(c1cc(Cl)ccc1Cl)S(=O)(=O)c1ccccc1. The number of anilines is 1. The maximum atomic E-state index is 14.5. The molecule has 0 fully saturated rings. The predicted molar refractivity (Wildman–Crippen MR) is 184 cm³/mol. The molecule has 0 aliphatic rings. The fraction of sp³-hybridized carbons (Fsp3) is 0.235. The molecule has 0 aromatic heterocycles. The van der Waals surface area contributed by atoms with Crippen LogP contribution in [0.5, 0.6) is 0 Å². The zero-order valence-corrected chi connectivity index (χ0v) is 28.8. The van der Waals surface area contributed by atoms with Gasteiger partial charge in [-0.05, 0) is 66.9 Å².